The van der Waals surface area contributed by atoms with Crippen molar-refractivity contribution in [3.8, 4) is 0 Å². The Bertz CT molecular complexity index is 1080. The van der Waals surface area contributed by atoms with Gasteiger partial charge < -0.3 is 10.6 Å². The summed E-state index contributed by atoms with van der Waals surface area (Å²) in [5, 5.41) is 17.6. The van der Waals surface area contributed by atoms with Gasteiger partial charge >= 0.3 is 5.70 Å². The Hall–Kier alpha value is -2.94. The van der Waals surface area contributed by atoms with E-state index in [1.165, 1.54) is 6.07 Å². The smallest absolute Gasteiger partial charge is 0.313 e. The molecule has 4 rings (SSSR count). The number of nitrogens with zero attached hydrogens (tertiary/aromatic N) is 3. The monoisotopic (exact) mass is 417 g/mol. The van der Waals surface area contributed by atoms with E-state index in [2.05, 4.69) is 31.5 Å². The van der Waals surface area contributed by atoms with Gasteiger partial charge in [0.25, 0.3) is 0 Å². The fraction of sp³-hybridized carbons (Fsp3) is 0.118. The van der Waals surface area contributed by atoms with Gasteiger partial charge in [0.2, 0.25) is 5.95 Å². The lowest BCUT2D eigenvalue weighted by Crippen LogP contribution is -2.33. The fourth-order valence-corrected chi connectivity index (χ4v) is 3.60. The molecule has 2 aromatic carbocycles. The molecule has 26 heavy (non-hydrogen) atoms. The van der Waals surface area contributed by atoms with Crippen LogP contribution in [-0.2, 0) is 0 Å². The van der Waals surface area contributed by atoms with E-state index in [4.69, 9.17) is 0 Å². The average Bonchev–Trinajstić information content (AvgIpc) is 3.00. The van der Waals surface area contributed by atoms with Crippen LogP contribution < -0.4 is 10.6 Å². The first-order valence-corrected chi connectivity index (χ1v) is 8.56. The summed E-state index contributed by atoms with van der Waals surface area (Å²) in [6.45, 7) is 0. The van der Waals surface area contributed by atoms with E-state index in [0.29, 0.717) is 21.5 Å². The van der Waals surface area contributed by atoms with Gasteiger partial charge in [0.05, 0.1) is 16.0 Å². The Morgan fingerprint density at radius 2 is 2.12 bits per heavy atom. The summed E-state index contributed by atoms with van der Waals surface area (Å²) in [6.07, 6.45) is 0. The third-order valence-electron chi connectivity index (χ3n) is 4.31. The largest absolute Gasteiger partial charge is 0.369 e. The minimum absolute atomic E-state index is 0.180. The molecular formula is C17H13BrFN5O2. The topological polar surface area (TPSA) is 85.0 Å². The number of hydrogen-bond donors (Lipinski definition) is 2. The lowest BCUT2D eigenvalue weighted by molar-refractivity contribution is -0.432. The van der Waals surface area contributed by atoms with E-state index >= 15 is 0 Å². The van der Waals surface area contributed by atoms with Crippen molar-refractivity contribution in [2.75, 3.05) is 12.4 Å². The van der Waals surface area contributed by atoms with Gasteiger partial charge in [-0.15, -0.1) is 0 Å². The molecule has 7 nitrogen and oxygen atoms in total. The van der Waals surface area contributed by atoms with Crippen LogP contribution in [0.4, 0.5) is 10.3 Å². The molecule has 1 aliphatic heterocycles. The SMILES string of the molecule is CNC1=C([N+](=O)[O-])C(c2cc(Br)ccc2F)n2c(nc3ccccc32)N1. The van der Waals surface area contributed by atoms with Crippen molar-refractivity contribution in [1.82, 2.24) is 14.9 Å². The van der Waals surface area contributed by atoms with Crippen LogP contribution in [-0.4, -0.2) is 21.5 Å². The number of nitrogens with one attached hydrogen (secondary N) is 2. The van der Waals surface area contributed by atoms with Gasteiger partial charge in [0.1, 0.15) is 5.82 Å². The summed E-state index contributed by atoms with van der Waals surface area (Å²) in [5.74, 6) is 0.0614. The van der Waals surface area contributed by atoms with Crippen LogP contribution in [0, 0.1) is 15.9 Å². The van der Waals surface area contributed by atoms with Crippen LogP contribution in [0.2, 0.25) is 0 Å². The van der Waals surface area contributed by atoms with Gasteiger partial charge in [-0.1, -0.05) is 28.1 Å². The maximum absolute atomic E-state index is 14.7. The predicted molar refractivity (Wildman–Crippen MR) is 98.7 cm³/mol. The highest BCUT2D eigenvalue weighted by molar-refractivity contribution is 9.10. The standard InChI is InChI=1S/C17H13BrFN5O2/c1-20-16-15(24(25)26)14(10-8-9(18)6-7-11(10)19)23-13-5-3-2-4-12(13)21-17(23)22-16/h2-8,14,20H,1H3,(H,21,22). The Morgan fingerprint density at radius 3 is 2.85 bits per heavy atom. The average molecular weight is 418 g/mol. The van der Waals surface area contributed by atoms with Gasteiger partial charge in [-0.3, -0.25) is 14.7 Å². The summed E-state index contributed by atoms with van der Waals surface area (Å²) in [5.41, 5.74) is 1.34. The molecule has 9 heteroatoms. The molecular weight excluding hydrogens is 405 g/mol. The Labute approximate surface area is 155 Å². The van der Waals surface area contributed by atoms with Crippen molar-refractivity contribution in [1.29, 1.82) is 0 Å². The second kappa shape index (κ2) is 6.10. The molecule has 0 radical (unpaired) electrons. The molecule has 1 unspecified atom stereocenters. The summed E-state index contributed by atoms with van der Waals surface area (Å²) in [4.78, 5) is 15.9. The highest BCUT2D eigenvalue weighted by Crippen LogP contribution is 2.40. The van der Waals surface area contributed by atoms with Crippen molar-refractivity contribution in [3.05, 3.63) is 80.0 Å². The lowest BCUT2D eigenvalue weighted by Gasteiger charge is -2.27. The molecule has 1 aromatic heterocycles. The van der Waals surface area contributed by atoms with Crippen LogP contribution in [0.5, 0.6) is 0 Å². The Kier molecular flexibility index (Phi) is 3.87. The van der Waals surface area contributed by atoms with Crippen LogP contribution in [0.1, 0.15) is 11.6 Å². The number of para-hydroxylation sites is 2. The molecule has 2 heterocycles. The summed E-state index contributed by atoms with van der Waals surface area (Å²) in [6, 6.07) is 10.7. The van der Waals surface area contributed by atoms with Gasteiger partial charge in [-0.25, -0.2) is 9.37 Å². The van der Waals surface area contributed by atoms with Gasteiger partial charge in [-0.2, -0.15) is 0 Å². The number of imidazole rings is 1. The predicted octanol–water partition coefficient (Wildman–Crippen LogP) is 3.62. The highest BCUT2D eigenvalue weighted by Gasteiger charge is 2.40. The number of anilines is 1. The zero-order chi connectivity index (χ0) is 18.4. The number of halogens is 2. The number of nitro groups is 1. The number of fused-ring (bicyclic) bond motifs is 3. The van der Waals surface area contributed by atoms with Crippen molar-refractivity contribution in [3.63, 3.8) is 0 Å². The van der Waals surface area contributed by atoms with Gasteiger partial charge in [0.15, 0.2) is 11.9 Å². The molecule has 3 aromatic rings. The molecule has 0 aliphatic carbocycles. The molecule has 0 amide bonds. The molecule has 132 valence electrons. The molecule has 1 atom stereocenters. The van der Waals surface area contributed by atoms with Crippen LogP contribution in [0.3, 0.4) is 0 Å². The van der Waals surface area contributed by atoms with Crippen molar-refractivity contribution >= 4 is 32.9 Å². The minimum Gasteiger partial charge on any atom is -0.369 e. The van der Waals surface area contributed by atoms with E-state index in [1.54, 1.807) is 29.8 Å². The number of rotatable bonds is 3. The number of hydrogen-bond acceptors (Lipinski definition) is 5. The third-order valence-corrected chi connectivity index (χ3v) is 4.80. The van der Waals surface area contributed by atoms with Gasteiger partial charge in [0, 0.05) is 17.1 Å². The van der Waals surface area contributed by atoms with E-state index in [1.807, 2.05) is 18.2 Å². The summed E-state index contributed by atoms with van der Waals surface area (Å²) >= 11 is 3.32. The third kappa shape index (κ3) is 2.43. The van der Waals surface area contributed by atoms with E-state index < -0.39 is 16.8 Å². The number of allylic oxidation sites excluding steroid dienone is 1. The normalized spacial score (nSPS) is 16.3. The quantitative estimate of drug-likeness (QED) is 0.502. The highest BCUT2D eigenvalue weighted by atomic mass is 79.9. The second-order valence-electron chi connectivity index (χ2n) is 5.75. The van der Waals surface area contributed by atoms with E-state index in [9.17, 15) is 14.5 Å². The first-order chi connectivity index (χ1) is 12.5. The molecule has 0 saturated heterocycles. The Morgan fingerprint density at radius 1 is 1.35 bits per heavy atom. The maximum Gasteiger partial charge on any atom is 0.313 e. The lowest BCUT2D eigenvalue weighted by atomic mass is 10.0. The zero-order valence-corrected chi connectivity index (χ0v) is 15.1. The van der Waals surface area contributed by atoms with E-state index in [-0.39, 0.29) is 17.1 Å². The zero-order valence-electron chi connectivity index (χ0n) is 13.5. The second-order valence-corrected chi connectivity index (χ2v) is 6.67. The van der Waals surface area contributed by atoms with Crippen LogP contribution >= 0.6 is 15.9 Å². The molecule has 0 spiro atoms. The van der Waals surface area contributed by atoms with Crippen molar-refractivity contribution in [2.24, 2.45) is 0 Å². The summed E-state index contributed by atoms with van der Waals surface area (Å²) in [7, 11) is 1.57. The molecule has 0 fully saturated rings. The van der Waals surface area contributed by atoms with Crippen molar-refractivity contribution in [2.45, 2.75) is 6.04 Å². The minimum atomic E-state index is -0.978. The van der Waals surface area contributed by atoms with Crippen LogP contribution in [0.25, 0.3) is 11.0 Å². The molecule has 0 bridgehead atoms. The first kappa shape index (κ1) is 16.5. The molecule has 2 N–H and O–H groups in total. The summed E-state index contributed by atoms with van der Waals surface area (Å²) < 4.78 is 17.0. The first-order valence-electron chi connectivity index (χ1n) is 7.76. The Balaban J connectivity index is 2.09. The molecule has 1 aliphatic rings. The maximum atomic E-state index is 14.7. The van der Waals surface area contributed by atoms with E-state index in [0.717, 1.165) is 0 Å². The number of aromatic nitrogens is 2. The molecule has 0 saturated carbocycles. The van der Waals surface area contributed by atoms with Gasteiger partial charge in [-0.05, 0) is 30.3 Å². The van der Waals surface area contributed by atoms with Crippen molar-refractivity contribution < 1.29 is 9.31 Å². The fourth-order valence-electron chi connectivity index (χ4n) is 3.22. The number of benzene rings is 2. The van der Waals surface area contributed by atoms with Crippen LogP contribution in [0.15, 0.2) is 58.5 Å².